The quantitative estimate of drug-likeness (QED) is 0.586. The second-order valence-corrected chi connectivity index (χ2v) is 9.66. The summed E-state index contributed by atoms with van der Waals surface area (Å²) in [4.78, 5) is 13.2. The summed E-state index contributed by atoms with van der Waals surface area (Å²) in [5.74, 6) is -0.230. The lowest BCUT2D eigenvalue weighted by atomic mass is 10.0. The Morgan fingerprint density at radius 2 is 1.68 bits per heavy atom. The monoisotopic (exact) mass is 434 g/mol. The zero-order valence-corrected chi connectivity index (χ0v) is 18.5. The van der Waals surface area contributed by atoms with Crippen LogP contribution in [-0.2, 0) is 22.9 Å². The smallest absolute Gasteiger partial charge is 0.261 e. The molecule has 0 aromatic heterocycles. The van der Waals surface area contributed by atoms with Crippen molar-refractivity contribution in [2.24, 2.45) is 0 Å². The number of nitrogens with one attached hydrogen (secondary N) is 2. The molecule has 0 saturated heterocycles. The number of fused-ring (bicyclic) bond motifs is 1. The molecule has 0 fully saturated rings. The van der Waals surface area contributed by atoms with Crippen LogP contribution in [0, 0.1) is 6.92 Å². The molecule has 1 amide bonds. The zero-order valence-electron chi connectivity index (χ0n) is 17.7. The van der Waals surface area contributed by atoms with Crippen LogP contribution in [0.2, 0.25) is 0 Å². The van der Waals surface area contributed by atoms with Crippen LogP contribution < -0.4 is 10.0 Å². The van der Waals surface area contributed by atoms with E-state index in [9.17, 15) is 13.2 Å². The predicted octanol–water partition coefficient (Wildman–Crippen LogP) is 4.78. The molecule has 1 atom stereocenters. The maximum Gasteiger partial charge on any atom is 0.261 e. The van der Waals surface area contributed by atoms with Gasteiger partial charge in [-0.15, -0.1) is 0 Å². The van der Waals surface area contributed by atoms with Crippen LogP contribution >= 0.6 is 0 Å². The lowest BCUT2D eigenvalue weighted by molar-refractivity contribution is 0.0939. The van der Waals surface area contributed by atoms with Gasteiger partial charge in [0.15, 0.2) is 0 Å². The number of aryl methyl sites for hydroxylation is 2. The van der Waals surface area contributed by atoms with Gasteiger partial charge in [-0.3, -0.25) is 9.52 Å². The second kappa shape index (κ2) is 8.55. The average Bonchev–Trinajstić information content (AvgIpc) is 3.23. The molecule has 5 nitrogen and oxygen atoms in total. The van der Waals surface area contributed by atoms with Crippen LogP contribution in [0.15, 0.2) is 71.6 Å². The molecule has 31 heavy (non-hydrogen) atoms. The van der Waals surface area contributed by atoms with Crippen molar-refractivity contribution in [3.05, 3.63) is 94.5 Å². The largest absolute Gasteiger partial charge is 0.346 e. The summed E-state index contributed by atoms with van der Waals surface area (Å²) in [6.45, 7) is 3.71. The summed E-state index contributed by atoms with van der Waals surface area (Å²) >= 11 is 0. The van der Waals surface area contributed by atoms with E-state index in [-0.39, 0.29) is 16.8 Å². The first-order valence-electron chi connectivity index (χ1n) is 10.5. The van der Waals surface area contributed by atoms with E-state index in [1.807, 2.05) is 6.92 Å². The highest BCUT2D eigenvalue weighted by atomic mass is 32.2. The van der Waals surface area contributed by atoms with E-state index in [4.69, 9.17) is 0 Å². The van der Waals surface area contributed by atoms with Crippen molar-refractivity contribution in [1.82, 2.24) is 5.32 Å². The van der Waals surface area contributed by atoms with E-state index < -0.39 is 10.0 Å². The molecule has 0 saturated carbocycles. The van der Waals surface area contributed by atoms with Gasteiger partial charge in [0.25, 0.3) is 15.9 Å². The van der Waals surface area contributed by atoms with Crippen molar-refractivity contribution < 1.29 is 13.2 Å². The first-order valence-corrected chi connectivity index (χ1v) is 11.9. The van der Waals surface area contributed by atoms with Crippen molar-refractivity contribution >= 4 is 21.6 Å². The third kappa shape index (κ3) is 4.49. The number of rotatable bonds is 6. The number of carbonyl (C=O) groups excluding carboxylic acids is 1. The van der Waals surface area contributed by atoms with Crippen molar-refractivity contribution in [2.45, 2.75) is 44.0 Å². The van der Waals surface area contributed by atoms with Gasteiger partial charge in [0.05, 0.1) is 16.6 Å². The Hall–Kier alpha value is -3.12. The molecular formula is C25H26N2O3S. The van der Waals surface area contributed by atoms with Gasteiger partial charge in [-0.25, -0.2) is 8.42 Å². The van der Waals surface area contributed by atoms with Gasteiger partial charge in [0.2, 0.25) is 0 Å². The van der Waals surface area contributed by atoms with E-state index in [2.05, 4.69) is 28.2 Å². The number of hydrogen-bond donors (Lipinski definition) is 2. The van der Waals surface area contributed by atoms with Crippen molar-refractivity contribution in [2.75, 3.05) is 4.72 Å². The molecule has 0 heterocycles. The van der Waals surface area contributed by atoms with E-state index in [1.165, 1.54) is 29.7 Å². The maximum atomic E-state index is 13.0. The Balaban J connectivity index is 1.53. The second-order valence-electron chi connectivity index (χ2n) is 7.97. The van der Waals surface area contributed by atoms with Gasteiger partial charge in [-0.05, 0) is 79.6 Å². The topological polar surface area (TPSA) is 75.3 Å². The number of benzene rings is 3. The lowest BCUT2D eigenvalue weighted by Crippen LogP contribution is -2.27. The molecule has 3 aromatic rings. The fourth-order valence-electron chi connectivity index (χ4n) is 4.01. The van der Waals surface area contributed by atoms with E-state index >= 15 is 0 Å². The molecule has 4 rings (SSSR count). The van der Waals surface area contributed by atoms with Crippen LogP contribution in [0.25, 0.3) is 0 Å². The minimum absolute atomic E-state index is 0.150. The van der Waals surface area contributed by atoms with Gasteiger partial charge >= 0.3 is 0 Å². The normalized spacial score (nSPS) is 14.0. The van der Waals surface area contributed by atoms with Gasteiger partial charge in [0.1, 0.15) is 0 Å². The number of hydrogen-bond acceptors (Lipinski definition) is 3. The first kappa shape index (κ1) is 21.1. The highest BCUT2D eigenvalue weighted by molar-refractivity contribution is 7.92. The third-order valence-corrected chi connectivity index (χ3v) is 7.23. The van der Waals surface area contributed by atoms with Crippen LogP contribution in [0.1, 0.15) is 52.0 Å². The molecule has 2 N–H and O–H groups in total. The Kier molecular flexibility index (Phi) is 5.83. The fraction of sp³-hybridized carbons (Fsp3) is 0.240. The average molecular weight is 435 g/mol. The molecule has 0 bridgehead atoms. The van der Waals surface area contributed by atoms with E-state index in [0.29, 0.717) is 16.8 Å². The van der Waals surface area contributed by atoms with Crippen molar-refractivity contribution in [1.29, 1.82) is 0 Å². The Labute approximate surface area is 183 Å². The predicted molar refractivity (Wildman–Crippen MR) is 123 cm³/mol. The summed E-state index contributed by atoms with van der Waals surface area (Å²) in [5.41, 5.74) is 5.26. The lowest BCUT2D eigenvalue weighted by Gasteiger charge is -2.18. The van der Waals surface area contributed by atoms with Gasteiger partial charge in [0, 0.05) is 5.56 Å². The van der Waals surface area contributed by atoms with Crippen LogP contribution in [-0.4, -0.2) is 14.3 Å². The number of carbonyl (C=O) groups is 1. The molecule has 0 aliphatic heterocycles. The summed E-state index contributed by atoms with van der Waals surface area (Å²) < 4.78 is 28.0. The summed E-state index contributed by atoms with van der Waals surface area (Å²) in [6.07, 6.45) is 3.40. The van der Waals surface area contributed by atoms with Crippen LogP contribution in [0.4, 0.5) is 5.69 Å². The number of anilines is 1. The maximum absolute atomic E-state index is 13.0. The zero-order chi connectivity index (χ0) is 22.0. The molecule has 1 aliphatic carbocycles. The molecule has 0 unspecified atom stereocenters. The molecular weight excluding hydrogens is 408 g/mol. The molecule has 0 spiro atoms. The fourth-order valence-corrected chi connectivity index (χ4v) is 5.16. The van der Waals surface area contributed by atoms with E-state index in [1.54, 1.807) is 43.3 Å². The molecule has 160 valence electrons. The minimum Gasteiger partial charge on any atom is -0.346 e. The molecule has 0 radical (unpaired) electrons. The van der Waals surface area contributed by atoms with Gasteiger partial charge in [-0.1, -0.05) is 42.5 Å². The summed E-state index contributed by atoms with van der Waals surface area (Å²) in [5, 5.41) is 3.05. The highest BCUT2D eigenvalue weighted by Gasteiger charge is 2.20. The van der Waals surface area contributed by atoms with Gasteiger partial charge < -0.3 is 5.32 Å². The first-order chi connectivity index (χ1) is 14.8. The Morgan fingerprint density at radius 3 is 2.45 bits per heavy atom. The van der Waals surface area contributed by atoms with Crippen molar-refractivity contribution in [3.63, 3.8) is 0 Å². The minimum atomic E-state index is -3.73. The molecule has 6 heteroatoms. The molecule has 3 aromatic carbocycles. The number of amides is 1. The summed E-state index contributed by atoms with van der Waals surface area (Å²) in [7, 11) is -3.73. The Morgan fingerprint density at radius 1 is 0.935 bits per heavy atom. The van der Waals surface area contributed by atoms with E-state index in [0.717, 1.165) is 18.4 Å². The molecule has 1 aliphatic rings. The Bertz CT molecular complexity index is 1220. The van der Waals surface area contributed by atoms with Crippen molar-refractivity contribution in [3.8, 4) is 0 Å². The number of sulfonamides is 1. The highest BCUT2D eigenvalue weighted by Crippen LogP contribution is 2.26. The summed E-state index contributed by atoms with van der Waals surface area (Å²) in [6, 6.07) is 19.5. The van der Waals surface area contributed by atoms with Gasteiger partial charge in [-0.2, -0.15) is 0 Å². The van der Waals surface area contributed by atoms with Crippen LogP contribution in [0.5, 0.6) is 0 Å². The van der Waals surface area contributed by atoms with Crippen LogP contribution in [0.3, 0.4) is 0 Å². The SMILES string of the molecule is Cc1c(NS(=O)(=O)c2ccccc2)cccc1C(=O)N[C@H](C)c1ccc2c(c1)CCC2. The third-order valence-electron chi connectivity index (χ3n) is 5.85. The standard InChI is InChI=1S/C25H26N2O3S/c1-17-23(12-7-13-24(17)27-31(29,30)22-10-4-3-5-11-22)25(28)26-18(2)20-15-14-19-8-6-9-21(19)16-20/h3-5,7,10-16,18,27H,6,8-9H2,1-2H3,(H,26,28)/t18-/m1/s1.